The quantitative estimate of drug-likeness (QED) is 0.390. The predicted octanol–water partition coefficient (Wildman–Crippen LogP) is 3.83. The lowest BCUT2D eigenvalue weighted by atomic mass is 10.2. The number of hydrogen-bond donors (Lipinski definition) is 2. The highest BCUT2D eigenvalue weighted by atomic mass is 16.5. The summed E-state index contributed by atoms with van der Waals surface area (Å²) in [7, 11) is 1.65. The Morgan fingerprint density at radius 1 is 1.09 bits per heavy atom. The minimum absolute atomic E-state index is 0.299. The molecule has 0 spiro atoms. The molecule has 0 unspecified atom stereocenters. The summed E-state index contributed by atoms with van der Waals surface area (Å²) in [6, 6.07) is 9.85. The number of benzene rings is 1. The molecule has 32 heavy (non-hydrogen) atoms. The average Bonchev–Trinajstić information content (AvgIpc) is 3.25. The zero-order valence-corrected chi connectivity index (χ0v) is 18.9. The zero-order valence-electron chi connectivity index (χ0n) is 18.9. The Hall–Kier alpha value is -3.68. The number of aromatic amines is 1. The van der Waals surface area contributed by atoms with E-state index in [1.165, 1.54) is 0 Å². The Kier molecular flexibility index (Phi) is 6.49. The Morgan fingerprint density at radius 3 is 2.62 bits per heavy atom. The first-order chi connectivity index (χ1) is 15.6. The maximum absolute atomic E-state index is 6.08. The minimum Gasteiger partial charge on any atom is -0.493 e. The Balaban J connectivity index is 1.67. The second-order valence-corrected chi connectivity index (χ2v) is 7.84. The first kappa shape index (κ1) is 21.5. The number of imidazole rings is 1. The van der Waals surface area contributed by atoms with Gasteiger partial charge in [-0.05, 0) is 42.3 Å². The molecule has 0 aliphatic rings. The van der Waals surface area contributed by atoms with Crippen LogP contribution < -0.4 is 19.4 Å². The summed E-state index contributed by atoms with van der Waals surface area (Å²) in [5.74, 6) is 3.40. The van der Waals surface area contributed by atoms with Crippen LogP contribution in [0.4, 0.5) is 5.95 Å². The van der Waals surface area contributed by atoms with Crippen molar-refractivity contribution in [2.45, 2.75) is 39.8 Å². The number of nitrogens with zero attached hydrogens (tertiary/aromatic N) is 4. The number of nitrogens with one attached hydrogen (secondary N) is 2. The molecule has 0 radical (unpaired) electrons. The van der Waals surface area contributed by atoms with Crippen LogP contribution in [0.15, 0.2) is 48.9 Å². The second-order valence-electron chi connectivity index (χ2n) is 7.84. The lowest BCUT2D eigenvalue weighted by Gasteiger charge is -2.13. The molecule has 8 heteroatoms. The molecule has 0 saturated heterocycles. The van der Waals surface area contributed by atoms with E-state index < -0.39 is 0 Å². The largest absolute Gasteiger partial charge is 0.493 e. The van der Waals surface area contributed by atoms with Gasteiger partial charge in [-0.1, -0.05) is 19.9 Å². The van der Waals surface area contributed by atoms with Crippen LogP contribution >= 0.6 is 0 Å². The van der Waals surface area contributed by atoms with Crippen molar-refractivity contribution in [3.63, 3.8) is 0 Å². The van der Waals surface area contributed by atoms with Gasteiger partial charge in [0.25, 0.3) is 5.65 Å². The molecule has 166 valence electrons. The molecule has 8 nitrogen and oxygen atoms in total. The second kappa shape index (κ2) is 9.64. The smallest absolute Gasteiger partial charge is 0.347 e. The highest BCUT2D eigenvalue weighted by Gasteiger charge is 2.20. The summed E-state index contributed by atoms with van der Waals surface area (Å²) in [6.45, 7) is 8.09. The molecule has 0 bridgehead atoms. The van der Waals surface area contributed by atoms with Crippen LogP contribution in [0.25, 0.3) is 11.2 Å². The van der Waals surface area contributed by atoms with E-state index in [2.05, 4.69) is 45.6 Å². The van der Waals surface area contributed by atoms with Gasteiger partial charge in [-0.15, -0.1) is 9.97 Å². The van der Waals surface area contributed by atoms with Gasteiger partial charge in [0.1, 0.15) is 18.3 Å². The highest BCUT2D eigenvalue weighted by molar-refractivity contribution is 5.67. The normalized spacial score (nSPS) is 11.2. The molecule has 0 amide bonds. The summed E-state index contributed by atoms with van der Waals surface area (Å²) in [5.41, 5.74) is 3.89. The van der Waals surface area contributed by atoms with Crippen LogP contribution in [0, 0.1) is 0 Å². The van der Waals surface area contributed by atoms with Gasteiger partial charge in [-0.25, -0.2) is 4.57 Å². The number of pyridine rings is 1. The van der Waals surface area contributed by atoms with Crippen molar-refractivity contribution in [3.05, 3.63) is 65.9 Å². The van der Waals surface area contributed by atoms with E-state index in [0.717, 1.165) is 40.6 Å². The van der Waals surface area contributed by atoms with Crippen molar-refractivity contribution in [3.8, 4) is 11.5 Å². The topological polar surface area (TPSA) is 88.8 Å². The van der Waals surface area contributed by atoms with Gasteiger partial charge in [0.05, 0.1) is 13.7 Å². The number of fused-ring (bicyclic) bond motifs is 1. The number of hydrogen-bond acceptors (Lipinski definition) is 6. The molecule has 3 aromatic heterocycles. The van der Waals surface area contributed by atoms with Crippen LogP contribution in [0.3, 0.4) is 0 Å². The first-order valence-electron chi connectivity index (χ1n) is 10.8. The van der Waals surface area contributed by atoms with Gasteiger partial charge in [0, 0.05) is 24.9 Å². The Bertz CT molecular complexity index is 1190. The summed E-state index contributed by atoms with van der Waals surface area (Å²) < 4.78 is 13.7. The molecule has 4 aromatic rings. The van der Waals surface area contributed by atoms with Crippen molar-refractivity contribution in [2.24, 2.45) is 0 Å². The van der Waals surface area contributed by atoms with Crippen molar-refractivity contribution >= 4 is 17.1 Å². The van der Waals surface area contributed by atoms with E-state index in [0.29, 0.717) is 30.6 Å². The molecule has 0 aliphatic heterocycles. The molecule has 1 aromatic carbocycles. The van der Waals surface area contributed by atoms with Gasteiger partial charge >= 0.3 is 5.95 Å². The number of ether oxygens (including phenoxy) is 2. The lowest BCUT2D eigenvalue weighted by Crippen LogP contribution is -2.40. The molecule has 0 fully saturated rings. The summed E-state index contributed by atoms with van der Waals surface area (Å²) >= 11 is 0. The van der Waals surface area contributed by atoms with Gasteiger partial charge < -0.3 is 14.5 Å². The van der Waals surface area contributed by atoms with Crippen LogP contribution in [0.2, 0.25) is 0 Å². The van der Waals surface area contributed by atoms with Crippen molar-refractivity contribution in [1.29, 1.82) is 0 Å². The van der Waals surface area contributed by atoms with Crippen LogP contribution in [-0.2, 0) is 13.2 Å². The predicted molar refractivity (Wildman–Crippen MR) is 123 cm³/mol. The molecule has 0 saturated carbocycles. The summed E-state index contributed by atoms with van der Waals surface area (Å²) in [5, 5.41) is 3.35. The lowest BCUT2D eigenvalue weighted by molar-refractivity contribution is -0.652. The van der Waals surface area contributed by atoms with Crippen molar-refractivity contribution in [1.82, 2.24) is 19.9 Å². The van der Waals surface area contributed by atoms with Gasteiger partial charge in [0.2, 0.25) is 0 Å². The standard InChI is InChI=1S/C24H28N6O2/c1-5-26-24-27-13-19-23(29-22(28-19)16(2)3)30(24)14-18-6-7-20(31-4)21(12-18)32-15-17-8-10-25-11-9-17/h6-13,16H,5,14-15H2,1-4H3,(H,26,27,28,29)/p+1. The third kappa shape index (κ3) is 4.64. The van der Waals surface area contributed by atoms with Gasteiger partial charge in [-0.3, -0.25) is 10.3 Å². The molecular formula is C24H29N6O2+. The van der Waals surface area contributed by atoms with Crippen molar-refractivity contribution < 1.29 is 14.0 Å². The fourth-order valence-corrected chi connectivity index (χ4v) is 3.46. The summed E-state index contributed by atoms with van der Waals surface area (Å²) in [4.78, 5) is 16.9. The van der Waals surface area contributed by atoms with E-state index in [1.54, 1.807) is 19.5 Å². The third-order valence-electron chi connectivity index (χ3n) is 5.15. The van der Waals surface area contributed by atoms with Crippen LogP contribution in [-0.4, -0.2) is 33.6 Å². The van der Waals surface area contributed by atoms with Gasteiger partial charge in [-0.2, -0.15) is 0 Å². The SMILES string of the molecule is CCNc1ncc2[nH]c(C(C)C)nc2[n+]1Cc1ccc(OC)c(OCc2ccncc2)c1. The first-order valence-corrected chi connectivity index (χ1v) is 10.8. The van der Waals surface area contributed by atoms with Crippen LogP contribution in [0.5, 0.6) is 11.5 Å². The minimum atomic E-state index is 0.299. The maximum atomic E-state index is 6.08. The Morgan fingerprint density at radius 2 is 1.91 bits per heavy atom. The number of rotatable bonds is 9. The highest BCUT2D eigenvalue weighted by Crippen LogP contribution is 2.29. The molecular weight excluding hydrogens is 404 g/mol. The molecule has 0 atom stereocenters. The van der Waals surface area contributed by atoms with E-state index in [4.69, 9.17) is 14.5 Å². The van der Waals surface area contributed by atoms with Crippen molar-refractivity contribution in [2.75, 3.05) is 19.0 Å². The van der Waals surface area contributed by atoms with E-state index in [9.17, 15) is 0 Å². The molecule has 0 aliphatic carbocycles. The van der Waals surface area contributed by atoms with E-state index >= 15 is 0 Å². The van der Waals surface area contributed by atoms with E-state index in [-0.39, 0.29) is 0 Å². The number of aromatic nitrogens is 5. The monoisotopic (exact) mass is 433 g/mol. The molecule has 4 rings (SSSR count). The molecule has 2 N–H and O–H groups in total. The van der Waals surface area contributed by atoms with E-state index in [1.807, 2.05) is 36.5 Å². The number of methoxy groups -OCH3 is 1. The summed E-state index contributed by atoms with van der Waals surface area (Å²) in [6.07, 6.45) is 5.35. The fourth-order valence-electron chi connectivity index (χ4n) is 3.46. The Labute approximate surface area is 187 Å². The molecule has 3 heterocycles. The maximum Gasteiger partial charge on any atom is 0.347 e. The average molecular weight is 434 g/mol. The third-order valence-corrected chi connectivity index (χ3v) is 5.15. The van der Waals surface area contributed by atoms with Crippen LogP contribution in [0.1, 0.15) is 43.6 Å². The fraction of sp³-hybridized carbons (Fsp3) is 0.333. The number of anilines is 1. The zero-order chi connectivity index (χ0) is 22.5. The number of H-pyrrole nitrogens is 1. The van der Waals surface area contributed by atoms with Gasteiger partial charge in [0.15, 0.2) is 17.3 Å².